The summed E-state index contributed by atoms with van der Waals surface area (Å²) in [6, 6.07) is 0. The number of alkyl halides is 3. The maximum absolute atomic E-state index is 11.6. The fraction of sp³-hybridized carbons (Fsp3) is 1.00. The standard InChI is InChI=1S/C7H14F3NO2/c1-6(11,4-12)5-13-3-2-7(8,9)10/h12H,2-5,11H2,1H3. The Hall–Kier alpha value is -0.330. The lowest BCUT2D eigenvalue weighted by atomic mass is 10.1. The van der Waals surface area contributed by atoms with Crippen LogP contribution in [-0.4, -0.2) is 36.6 Å². The number of aliphatic hydroxyl groups is 1. The van der Waals surface area contributed by atoms with E-state index in [0.717, 1.165) is 0 Å². The molecule has 0 aromatic rings. The summed E-state index contributed by atoms with van der Waals surface area (Å²) in [6.07, 6.45) is -5.20. The Morgan fingerprint density at radius 2 is 1.92 bits per heavy atom. The highest BCUT2D eigenvalue weighted by molar-refractivity contribution is 4.76. The molecule has 0 bridgehead atoms. The van der Waals surface area contributed by atoms with Crippen molar-refractivity contribution in [3.63, 3.8) is 0 Å². The Morgan fingerprint density at radius 1 is 1.38 bits per heavy atom. The van der Waals surface area contributed by atoms with Crippen LogP contribution < -0.4 is 5.73 Å². The van der Waals surface area contributed by atoms with Crippen LogP contribution >= 0.6 is 0 Å². The van der Waals surface area contributed by atoms with Crippen LogP contribution in [0.1, 0.15) is 13.3 Å². The van der Waals surface area contributed by atoms with Crippen molar-refractivity contribution in [3.8, 4) is 0 Å². The summed E-state index contributed by atoms with van der Waals surface area (Å²) in [5, 5.41) is 8.63. The van der Waals surface area contributed by atoms with Crippen molar-refractivity contribution < 1.29 is 23.0 Å². The monoisotopic (exact) mass is 201 g/mol. The van der Waals surface area contributed by atoms with E-state index in [9.17, 15) is 13.2 Å². The molecule has 0 fully saturated rings. The normalized spacial score (nSPS) is 17.1. The lowest BCUT2D eigenvalue weighted by Gasteiger charge is -2.21. The van der Waals surface area contributed by atoms with Crippen LogP contribution in [0.25, 0.3) is 0 Å². The number of ether oxygens (including phenoxy) is 1. The number of aliphatic hydroxyl groups excluding tert-OH is 1. The van der Waals surface area contributed by atoms with Crippen molar-refractivity contribution in [1.29, 1.82) is 0 Å². The molecule has 3 nitrogen and oxygen atoms in total. The van der Waals surface area contributed by atoms with E-state index in [1.807, 2.05) is 0 Å². The van der Waals surface area contributed by atoms with Gasteiger partial charge in [-0.3, -0.25) is 0 Å². The number of hydrogen-bond acceptors (Lipinski definition) is 3. The zero-order chi connectivity index (χ0) is 10.5. The molecular formula is C7H14F3NO2. The lowest BCUT2D eigenvalue weighted by Crippen LogP contribution is -2.45. The summed E-state index contributed by atoms with van der Waals surface area (Å²) in [5.74, 6) is 0. The van der Waals surface area contributed by atoms with Crippen LogP contribution in [0, 0.1) is 0 Å². The predicted octanol–water partition coefficient (Wildman–Crippen LogP) is 0.665. The first-order valence-electron chi connectivity index (χ1n) is 3.81. The molecule has 0 heterocycles. The zero-order valence-corrected chi connectivity index (χ0v) is 7.40. The molecule has 6 heteroatoms. The highest BCUT2D eigenvalue weighted by atomic mass is 19.4. The summed E-state index contributed by atoms with van der Waals surface area (Å²) in [5.41, 5.74) is 4.44. The van der Waals surface area contributed by atoms with Gasteiger partial charge in [0.2, 0.25) is 0 Å². The highest BCUT2D eigenvalue weighted by Crippen LogP contribution is 2.19. The van der Waals surface area contributed by atoms with Gasteiger partial charge in [0, 0.05) is 0 Å². The van der Waals surface area contributed by atoms with Crippen molar-refractivity contribution in [3.05, 3.63) is 0 Å². The Bertz CT molecular complexity index is 147. The highest BCUT2D eigenvalue weighted by Gasteiger charge is 2.27. The third-order valence-corrected chi connectivity index (χ3v) is 1.32. The molecule has 0 aliphatic rings. The van der Waals surface area contributed by atoms with E-state index in [0.29, 0.717) is 0 Å². The molecule has 0 amide bonds. The van der Waals surface area contributed by atoms with Crippen LogP contribution in [0.4, 0.5) is 13.2 Å². The quantitative estimate of drug-likeness (QED) is 0.642. The minimum Gasteiger partial charge on any atom is -0.394 e. The molecule has 0 saturated carbocycles. The molecule has 0 aromatic heterocycles. The first-order valence-corrected chi connectivity index (χ1v) is 3.81. The fourth-order valence-electron chi connectivity index (χ4n) is 0.539. The maximum atomic E-state index is 11.6. The Labute approximate surface area is 74.7 Å². The van der Waals surface area contributed by atoms with Crippen molar-refractivity contribution in [1.82, 2.24) is 0 Å². The molecule has 1 atom stereocenters. The summed E-state index contributed by atoms with van der Waals surface area (Å²) in [4.78, 5) is 0. The van der Waals surface area contributed by atoms with Crippen molar-refractivity contribution in [2.45, 2.75) is 25.1 Å². The Balaban J connectivity index is 3.47. The van der Waals surface area contributed by atoms with Gasteiger partial charge in [-0.1, -0.05) is 0 Å². The van der Waals surface area contributed by atoms with E-state index in [1.54, 1.807) is 0 Å². The van der Waals surface area contributed by atoms with Gasteiger partial charge in [-0.05, 0) is 6.92 Å². The largest absolute Gasteiger partial charge is 0.394 e. The third-order valence-electron chi connectivity index (χ3n) is 1.32. The van der Waals surface area contributed by atoms with E-state index in [4.69, 9.17) is 10.8 Å². The first kappa shape index (κ1) is 12.7. The second kappa shape index (κ2) is 4.78. The molecule has 0 radical (unpaired) electrons. The van der Waals surface area contributed by atoms with Gasteiger partial charge in [0.05, 0.1) is 31.8 Å². The van der Waals surface area contributed by atoms with Gasteiger partial charge in [-0.15, -0.1) is 0 Å². The van der Waals surface area contributed by atoms with Crippen LogP contribution in [0.3, 0.4) is 0 Å². The van der Waals surface area contributed by atoms with Crippen molar-refractivity contribution in [2.24, 2.45) is 5.73 Å². The molecule has 1 unspecified atom stereocenters. The fourth-order valence-corrected chi connectivity index (χ4v) is 0.539. The molecule has 0 aliphatic heterocycles. The van der Waals surface area contributed by atoms with Crippen LogP contribution in [0.2, 0.25) is 0 Å². The molecule has 0 aliphatic carbocycles. The smallest absolute Gasteiger partial charge is 0.391 e. The molecule has 0 spiro atoms. The number of hydrogen-bond donors (Lipinski definition) is 2. The van der Waals surface area contributed by atoms with Crippen molar-refractivity contribution in [2.75, 3.05) is 19.8 Å². The average Bonchev–Trinajstić information content (AvgIpc) is 1.97. The SMILES string of the molecule is CC(N)(CO)COCCC(F)(F)F. The number of halogens is 3. The van der Waals surface area contributed by atoms with E-state index in [2.05, 4.69) is 4.74 Å². The average molecular weight is 201 g/mol. The van der Waals surface area contributed by atoms with E-state index < -0.39 is 24.7 Å². The maximum Gasteiger partial charge on any atom is 0.391 e. The minimum atomic E-state index is -4.20. The van der Waals surface area contributed by atoms with Crippen LogP contribution in [-0.2, 0) is 4.74 Å². The van der Waals surface area contributed by atoms with E-state index >= 15 is 0 Å². The van der Waals surface area contributed by atoms with Crippen LogP contribution in [0.5, 0.6) is 0 Å². The molecule has 3 N–H and O–H groups in total. The second-order valence-electron chi connectivity index (χ2n) is 3.23. The summed E-state index contributed by atoms with van der Waals surface area (Å²) >= 11 is 0. The molecule has 80 valence electrons. The molecular weight excluding hydrogens is 187 g/mol. The third kappa shape index (κ3) is 8.01. The van der Waals surface area contributed by atoms with Gasteiger partial charge in [-0.25, -0.2) is 0 Å². The van der Waals surface area contributed by atoms with Gasteiger partial charge in [-0.2, -0.15) is 13.2 Å². The zero-order valence-electron chi connectivity index (χ0n) is 7.40. The number of nitrogens with two attached hydrogens (primary N) is 1. The molecule has 0 saturated heterocycles. The van der Waals surface area contributed by atoms with Gasteiger partial charge in [0.15, 0.2) is 0 Å². The molecule has 13 heavy (non-hydrogen) atoms. The second-order valence-corrected chi connectivity index (χ2v) is 3.23. The molecule has 0 aromatic carbocycles. The predicted molar refractivity (Wildman–Crippen MR) is 41.2 cm³/mol. The lowest BCUT2D eigenvalue weighted by molar-refractivity contribution is -0.146. The van der Waals surface area contributed by atoms with Gasteiger partial charge in [0.1, 0.15) is 0 Å². The minimum absolute atomic E-state index is 0.0838. The van der Waals surface area contributed by atoms with Gasteiger partial charge >= 0.3 is 6.18 Å². The van der Waals surface area contributed by atoms with Gasteiger partial charge < -0.3 is 15.6 Å². The Kier molecular flexibility index (Phi) is 4.66. The topological polar surface area (TPSA) is 55.5 Å². The van der Waals surface area contributed by atoms with E-state index in [1.165, 1.54) is 6.92 Å². The molecule has 0 rings (SSSR count). The van der Waals surface area contributed by atoms with Gasteiger partial charge in [0.25, 0.3) is 0 Å². The van der Waals surface area contributed by atoms with E-state index in [-0.39, 0.29) is 13.2 Å². The summed E-state index contributed by atoms with van der Waals surface area (Å²) in [6.45, 7) is 0.676. The number of rotatable bonds is 5. The van der Waals surface area contributed by atoms with Crippen molar-refractivity contribution >= 4 is 0 Å². The summed E-state index contributed by atoms with van der Waals surface area (Å²) in [7, 11) is 0. The Morgan fingerprint density at radius 3 is 2.31 bits per heavy atom. The first-order chi connectivity index (χ1) is 5.77. The van der Waals surface area contributed by atoms with Crippen LogP contribution in [0.15, 0.2) is 0 Å². The summed E-state index contributed by atoms with van der Waals surface area (Å²) < 4.78 is 39.5.